The van der Waals surface area contributed by atoms with Gasteiger partial charge in [0.2, 0.25) is 5.88 Å². The summed E-state index contributed by atoms with van der Waals surface area (Å²) < 4.78 is 50.8. The number of methoxy groups -OCH3 is 1. The van der Waals surface area contributed by atoms with Gasteiger partial charge in [0.05, 0.1) is 12.7 Å². The van der Waals surface area contributed by atoms with Crippen LogP contribution in [0.4, 0.5) is 18.0 Å². The predicted octanol–water partition coefficient (Wildman–Crippen LogP) is 5.93. The van der Waals surface area contributed by atoms with Gasteiger partial charge in [-0.05, 0) is 47.9 Å². The van der Waals surface area contributed by atoms with Crippen LogP contribution in [-0.4, -0.2) is 29.6 Å². The largest absolute Gasteiger partial charge is 0.481 e. The molecule has 3 rings (SSSR count). The predicted molar refractivity (Wildman–Crippen MR) is 114 cm³/mol. The summed E-state index contributed by atoms with van der Waals surface area (Å²) in [4.78, 5) is 18.1. The molecule has 0 fully saturated rings. The number of alkyl halides is 3. The van der Waals surface area contributed by atoms with Crippen molar-refractivity contribution in [3.8, 4) is 17.0 Å². The van der Waals surface area contributed by atoms with Crippen LogP contribution in [0.1, 0.15) is 23.6 Å². The first-order valence-corrected chi connectivity index (χ1v) is 9.98. The standard InChI is InChI=1S/C24H23F3N2O3/c1-3-29(23(30)32-16-17-8-5-4-6-9-17)15-18-14-19(24(25,26)27)11-12-20(18)21-10-7-13-28-22(21)31-2/h4-14H,3,15-16H2,1-2H3. The fraction of sp³-hybridized carbons (Fsp3) is 0.250. The minimum absolute atomic E-state index is 0.0680. The molecule has 8 heteroatoms. The molecule has 0 aliphatic rings. The van der Waals surface area contributed by atoms with E-state index in [1.54, 1.807) is 19.1 Å². The highest BCUT2D eigenvalue weighted by Crippen LogP contribution is 2.36. The molecule has 0 saturated carbocycles. The van der Waals surface area contributed by atoms with Gasteiger partial charge in [-0.3, -0.25) is 0 Å². The van der Waals surface area contributed by atoms with E-state index >= 15 is 0 Å². The highest BCUT2D eigenvalue weighted by molar-refractivity contribution is 5.73. The molecule has 0 radical (unpaired) electrons. The molecule has 0 bridgehead atoms. The highest BCUT2D eigenvalue weighted by Gasteiger charge is 2.31. The van der Waals surface area contributed by atoms with Crippen LogP contribution in [0.3, 0.4) is 0 Å². The topological polar surface area (TPSA) is 51.7 Å². The molecule has 32 heavy (non-hydrogen) atoms. The number of hydrogen-bond donors (Lipinski definition) is 0. The molecule has 1 aromatic heterocycles. The molecule has 1 amide bonds. The number of carbonyl (C=O) groups excluding carboxylic acids is 1. The van der Waals surface area contributed by atoms with Crippen molar-refractivity contribution in [1.82, 2.24) is 9.88 Å². The summed E-state index contributed by atoms with van der Waals surface area (Å²) in [5.74, 6) is 0.281. The molecule has 5 nitrogen and oxygen atoms in total. The number of nitrogens with zero attached hydrogens (tertiary/aromatic N) is 2. The number of aromatic nitrogens is 1. The third-order valence-corrected chi connectivity index (χ3v) is 4.89. The quantitative estimate of drug-likeness (QED) is 0.453. The summed E-state index contributed by atoms with van der Waals surface area (Å²) in [6, 6.07) is 16.0. The Balaban J connectivity index is 1.91. The number of carbonyl (C=O) groups is 1. The minimum atomic E-state index is -4.52. The maximum atomic E-state index is 13.4. The Kier molecular flexibility index (Phi) is 7.35. The van der Waals surface area contributed by atoms with Gasteiger partial charge in [-0.25, -0.2) is 9.78 Å². The molecule has 0 N–H and O–H groups in total. The smallest absolute Gasteiger partial charge is 0.416 e. The second kappa shape index (κ2) is 10.2. The van der Waals surface area contributed by atoms with Gasteiger partial charge in [-0.15, -0.1) is 0 Å². The van der Waals surface area contributed by atoms with Gasteiger partial charge in [-0.1, -0.05) is 36.4 Å². The first-order valence-electron chi connectivity index (χ1n) is 9.98. The molecule has 0 aliphatic carbocycles. The summed E-state index contributed by atoms with van der Waals surface area (Å²) >= 11 is 0. The van der Waals surface area contributed by atoms with Gasteiger partial charge < -0.3 is 14.4 Å². The van der Waals surface area contributed by atoms with Gasteiger partial charge in [0.15, 0.2) is 0 Å². The summed E-state index contributed by atoms with van der Waals surface area (Å²) in [6.45, 7) is 2.00. The van der Waals surface area contributed by atoms with Gasteiger partial charge in [0.25, 0.3) is 0 Å². The summed E-state index contributed by atoms with van der Waals surface area (Å²) in [6.07, 6.45) is -3.60. The summed E-state index contributed by atoms with van der Waals surface area (Å²) in [7, 11) is 1.44. The average molecular weight is 444 g/mol. The molecular formula is C24H23F3N2O3. The monoisotopic (exact) mass is 444 g/mol. The SMILES string of the molecule is CCN(Cc1cc(C(F)(F)F)ccc1-c1cccnc1OC)C(=O)OCc1ccccc1. The van der Waals surface area contributed by atoms with Crippen LogP contribution < -0.4 is 4.74 Å². The van der Waals surface area contributed by atoms with Gasteiger partial charge >= 0.3 is 12.3 Å². The number of halogens is 3. The molecule has 0 spiro atoms. The lowest BCUT2D eigenvalue weighted by Gasteiger charge is -2.23. The first kappa shape index (κ1) is 23.1. The lowest BCUT2D eigenvalue weighted by Crippen LogP contribution is -2.31. The van der Waals surface area contributed by atoms with Crippen LogP contribution in [0.15, 0.2) is 66.9 Å². The maximum absolute atomic E-state index is 13.4. The van der Waals surface area contributed by atoms with Crippen LogP contribution in [0.5, 0.6) is 5.88 Å². The Bertz CT molecular complexity index is 1060. The molecule has 168 valence electrons. The van der Waals surface area contributed by atoms with Crippen LogP contribution in [-0.2, 0) is 24.1 Å². The molecule has 3 aromatic rings. The third kappa shape index (κ3) is 5.57. The number of ether oxygens (including phenoxy) is 2. The zero-order chi connectivity index (χ0) is 23.1. The van der Waals surface area contributed by atoms with Gasteiger partial charge in [-0.2, -0.15) is 13.2 Å². The van der Waals surface area contributed by atoms with Crippen molar-refractivity contribution in [2.24, 2.45) is 0 Å². The highest BCUT2D eigenvalue weighted by atomic mass is 19.4. The van der Waals surface area contributed by atoms with Crippen molar-refractivity contribution < 1.29 is 27.4 Å². The Morgan fingerprint density at radius 2 is 1.78 bits per heavy atom. The van der Waals surface area contributed by atoms with E-state index in [-0.39, 0.29) is 25.6 Å². The molecule has 0 aliphatic heterocycles. The van der Waals surface area contributed by atoms with Crippen molar-refractivity contribution >= 4 is 6.09 Å². The number of benzene rings is 2. The second-order valence-corrected chi connectivity index (χ2v) is 6.98. The van der Waals surface area contributed by atoms with Crippen LogP contribution in [0.25, 0.3) is 11.1 Å². The summed E-state index contributed by atoms with van der Waals surface area (Å²) in [5.41, 5.74) is 1.36. The van der Waals surface area contributed by atoms with Crippen molar-refractivity contribution in [3.63, 3.8) is 0 Å². The van der Waals surface area contributed by atoms with E-state index in [2.05, 4.69) is 4.98 Å². The van der Waals surface area contributed by atoms with E-state index in [0.717, 1.165) is 17.7 Å². The fourth-order valence-corrected chi connectivity index (χ4v) is 3.24. The van der Waals surface area contributed by atoms with Crippen molar-refractivity contribution in [3.05, 3.63) is 83.6 Å². The molecule has 1 heterocycles. The number of hydrogen-bond acceptors (Lipinski definition) is 4. The van der Waals surface area contributed by atoms with E-state index in [4.69, 9.17) is 9.47 Å². The van der Waals surface area contributed by atoms with E-state index in [9.17, 15) is 18.0 Å². The number of pyridine rings is 1. The lowest BCUT2D eigenvalue weighted by atomic mass is 9.97. The third-order valence-electron chi connectivity index (χ3n) is 4.89. The zero-order valence-corrected chi connectivity index (χ0v) is 17.7. The zero-order valence-electron chi connectivity index (χ0n) is 17.7. The molecule has 0 saturated heterocycles. The molecule has 2 aromatic carbocycles. The lowest BCUT2D eigenvalue weighted by molar-refractivity contribution is -0.137. The van der Waals surface area contributed by atoms with E-state index in [1.807, 2.05) is 30.3 Å². The maximum Gasteiger partial charge on any atom is 0.416 e. The number of rotatable bonds is 7. The molecular weight excluding hydrogens is 421 g/mol. The fourth-order valence-electron chi connectivity index (χ4n) is 3.24. The van der Waals surface area contributed by atoms with Crippen LogP contribution in [0, 0.1) is 0 Å². The normalized spacial score (nSPS) is 11.2. The van der Waals surface area contributed by atoms with E-state index in [1.165, 1.54) is 24.3 Å². The van der Waals surface area contributed by atoms with Crippen molar-refractivity contribution in [2.75, 3.05) is 13.7 Å². The molecule has 0 atom stereocenters. The Labute approximate surface area is 184 Å². The van der Waals surface area contributed by atoms with E-state index < -0.39 is 17.8 Å². The van der Waals surface area contributed by atoms with E-state index in [0.29, 0.717) is 16.7 Å². The van der Waals surface area contributed by atoms with Gasteiger partial charge in [0, 0.05) is 24.8 Å². The van der Waals surface area contributed by atoms with Crippen LogP contribution >= 0.6 is 0 Å². The average Bonchev–Trinajstić information content (AvgIpc) is 2.81. The Morgan fingerprint density at radius 3 is 2.44 bits per heavy atom. The van der Waals surface area contributed by atoms with Crippen molar-refractivity contribution in [1.29, 1.82) is 0 Å². The Morgan fingerprint density at radius 1 is 1.03 bits per heavy atom. The summed E-state index contributed by atoms with van der Waals surface area (Å²) in [5, 5.41) is 0. The minimum Gasteiger partial charge on any atom is -0.481 e. The van der Waals surface area contributed by atoms with Crippen LogP contribution in [0.2, 0.25) is 0 Å². The first-order chi connectivity index (χ1) is 15.3. The second-order valence-electron chi connectivity index (χ2n) is 6.98. The molecule has 0 unspecified atom stereocenters. The Hall–Kier alpha value is -3.55. The van der Waals surface area contributed by atoms with Crippen molar-refractivity contribution in [2.45, 2.75) is 26.3 Å². The van der Waals surface area contributed by atoms with Gasteiger partial charge in [0.1, 0.15) is 6.61 Å². The number of amides is 1.